The van der Waals surface area contributed by atoms with E-state index in [-0.39, 0.29) is 0 Å². The van der Waals surface area contributed by atoms with E-state index in [2.05, 4.69) is 70.8 Å². The molecule has 0 aliphatic rings. The summed E-state index contributed by atoms with van der Waals surface area (Å²) in [7, 11) is 2.96. The van der Waals surface area contributed by atoms with Gasteiger partial charge < -0.3 is 0 Å². The molecule has 3 aromatic rings. The molecule has 0 amide bonds. The van der Waals surface area contributed by atoms with Crippen LogP contribution in [0.5, 0.6) is 0 Å². The van der Waals surface area contributed by atoms with Crippen molar-refractivity contribution in [2.75, 3.05) is 0 Å². The largest absolute Gasteiger partial charge is 0.130 e. The zero-order valence-electron chi connectivity index (χ0n) is 10.6. The van der Waals surface area contributed by atoms with Crippen molar-refractivity contribution in [3.63, 3.8) is 0 Å². The van der Waals surface area contributed by atoms with Crippen LogP contribution in [0.4, 0.5) is 0 Å². The minimum absolute atomic E-state index is 0.537. The SMILES string of the molecule is CCC(P)c1cccc2cc3ccccc3cc12. The lowest BCUT2D eigenvalue weighted by atomic mass is 9.97. The molecule has 0 fully saturated rings. The van der Waals surface area contributed by atoms with Gasteiger partial charge in [0.25, 0.3) is 0 Å². The van der Waals surface area contributed by atoms with Crippen LogP contribution in [0, 0.1) is 0 Å². The minimum Gasteiger partial charge on any atom is -0.130 e. The first-order chi connectivity index (χ1) is 8.79. The molecule has 0 aromatic heterocycles. The molecule has 0 spiro atoms. The number of fused-ring (bicyclic) bond motifs is 2. The van der Waals surface area contributed by atoms with Crippen molar-refractivity contribution < 1.29 is 0 Å². The maximum absolute atomic E-state index is 2.96. The van der Waals surface area contributed by atoms with E-state index in [1.807, 2.05) is 0 Å². The fourth-order valence-electron chi connectivity index (χ4n) is 2.53. The highest BCUT2D eigenvalue weighted by Crippen LogP contribution is 2.34. The highest BCUT2D eigenvalue weighted by molar-refractivity contribution is 7.17. The zero-order chi connectivity index (χ0) is 12.5. The highest BCUT2D eigenvalue weighted by Gasteiger charge is 2.08. The normalized spacial score (nSPS) is 13.0. The van der Waals surface area contributed by atoms with Crippen molar-refractivity contribution in [1.82, 2.24) is 0 Å². The second-order valence-electron chi connectivity index (χ2n) is 4.78. The average Bonchev–Trinajstić information content (AvgIpc) is 2.43. The fourth-order valence-corrected chi connectivity index (χ4v) is 2.82. The topological polar surface area (TPSA) is 0 Å². The first-order valence-electron chi connectivity index (χ1n) is 6.46. The smallest absolute Gasteiger partial charge is 0.00110 e. The van der Waals surface area contributed by atoms with E-state index in [0.717, 1.165) is 6.42 Å². The van der Waals surface area contributed by atoms with Crippen LogP contribution in [0.25, 0.3) is 21.5 Å². The summed E-state index contributed by atoms with van der Waals surface area (Å²) in [4.78, 5) is 0. The molecule has 2 unspecified atom stereocenters. The standard InChI is InChI=1S/C17H17P/c1-2-17(18)15-9-5-8-14-10-12-6-3-4-7-13(12)11-16(14)15/h3-11,17H,2,18H2,1H3. The summed E-state index contributed by atoms with van der Waals surface area (Å²) in [6.45, 7) is 2.23. The Kier molecular flexibility index (Phi) is 3.06. The highest BCUT2D eigenvalue weighted by atomic mass is 31.0. The lowest BCUT2D eigenvalue weighted by Gasteiger charge is -2.13. The Morgan fingerprint density at radius 1 is 0.889 bits per heavy atom. The van der Waals surface area contributed by atoms with Gasteiger partial charge in [-0.3, -0.25) is 0 Å². The summed E-state index contributed by atoms with van der Waals surface area (Å²) >= 11 is 0. The van der Waals surface area contributed by atoms with Gasteiger partial charge in [0.05, 0.1) is 0 Å². The molecule has 0 radical (unpaired) electrons. The van der Waals surface area contributed by atoms with Gasteiger partial charge in [-0.2, -0.15) is 0 Å². The van der Waals surface area contributed by atoms with Crippen LogP contribution in [-0.2, 0) is 0 Å². The summed E-state index contributed by atoms with van der Waals surface area (Å²) in [6, 6.07) is 19.8. The van der Waals surface area contributed by atoms with E-state index < -0.39 is 0 Å². The number of hydrogen-bond acceptors (Lipinski definition) is 0. The molecule has 0 heterocycles. The third kappa shape index (κ3) is 1.91. The van der Waals surface area contributed by atoms with Crippen LogP contribution in [0.1, 0.15) is 24.6 Å². The van der Waals surface area contributed by atoms with E-state index in [0.29, 0.717) is 5.66 Å². The van der Waals surface area contributed by atoms with E-state index in [1.165, 1.54) is 27.1 Å². The molecule has 90 valence electrons. The molecule has 2 atom stereocenters. The van der Waals surface area contributed by atoms with E-state index in [9.17, 15) is 0 Å². The molecule has 0 aliphatic heterocycles. The van der Waals surface area contributed by atoms with Gasteiger partial charge >= 0.3 is 0 Å². The molecular weight excluding hydrogens is 235 g/mol. The Bertz CT molecular complexity index is 700. The van der Waals surface area contributed by atoms with Gasteiger partial charge in [0.15, 0.2) is 0 Å². The Morgan fingerprint density at radius 3 is 2.28 bits per heavy atom. The molecule has 0 saturated carbocycles. The summed E-state index contributed by atoms with van der Waals surface area (Å²) in [5.41, 5.74) is 1.97. The van der Waals surface area contributed by atoms with Gasteiger partial charge in [-0.1, -0.05) is 49.4 Å². The number of benzene rings is 3. The predicted octanol–water partition coefficient (Wildman–Crippen LogP) is 5.32. The quantitative estimate of drug-likeness (QED) is 0.427. The van der Waals surface area contributed by atoms with Gasteiger partial charge in [-0.15, -0.1) is 9.24 Å². The molecule has 18 heavy (non-hydrogen) atoms. The Balaban J connectivity index is 2.36. The molecule has 3 rings (SSSR count). The van der Waals surface area contributed by atoms with E-state index in [1.54, 1.807) is 0 Å². The van der Waals surface area contributed by atoms with Crippen LogP contribution in [0.3, 0.4) is 0 Å². The van der Waals surface area contributed by atoms with Crippen molar-refractivity contribution in [3.8, 4) is 0 Å². The molecule has 0 nitrogen and oxygen atoms in total. The predicted molar refractivity (Wildman–Crippen MR) is 84.2 cm³/mol. The molecule has 0 saturated heterocycles. The second-order valence-corrected chi connectivity index (χ2v) is 5.59. The summed E-state index contributed by atoms with van der Waals surface area (Å²) in [5, 5.41) is 5.37. The number of rotatable bonds is 2. The summed E-state index contributed by atoms with van der Waals surface area (Å²) in [5.74, 6) is 0. The zero-order valence-corrected chi connectivity index (χ0v) is 11.7. The van der Waals surface area contributed by atoms with Gasteiger partial charge in [0, 0.05) is 0 Å². The Hall–Kier alpha value is -1.39. The summed E-state index contributed by atoms with van der Waals surface area (Å²) in [6.07, 6.45) is 1.15. The van der Waals surface area contributed by atoms with Crippen molar-refractivity contribution in [2.45, 2.75) is 19.0 Å². The van der Waals surface area contributed by atoms with Crippen molar-refractivity contribution in [2.24, 2.45) is 0 Å². The maximum atomic E-state index is 2.96. The molecule has 0 N–H and O–H groups in total. The van der Waals surface area contributed by atoms with Crippen LogP contribution >= 0.6 is 9.24 Å². The molecule has 0 bridgehead atoms. The molecule has 1 heteroatoms. The van der Waals surface area contributed by atoms with Crippen LogP contribution in [-0.4, -0.2) is 0 Å². The molecular formula is C17H17P. The lowest BCUT2D eigenvalue weighted by Crippen LogP contribution is -1.89. The third-order valence-corrected chi connectivity index (χ3v) is 4.45. The summed E-state index contributed by atoms with van der Waals surface area (Å²) < 4.78 is 0. The lowest BCUT2D eigenvalue weighted by molar-refractivity contribution is 0.904. The van der Waals surface area contributed by atoms with Crippen LogP contribution in [0.2, 0.25) is 0 Å². The fraction of sp³-hybridized carbons (Fsp3) is 0.176. The maximum Gasteiger partial charge on any atom is -0.00110 e. The van der Waals surface area contributed by atoms with Gasteiger partial charge in [0.1, 0.15) is 0 Å². The van der Waals surface area contributed by atoms with Crippen LogP contribution < -0.4 is 0 Å². The van der Waals surface area contributed by atoms with Crippen LogP contribution in [0.15, 0.2) is 54.6 Å². The third-order valence-electron chi connectivity index (χ3n) is 3.62. The van der Waals surface area contributed by atoms with E-state index >= 15 is 0 Å². The van der Waals surface area contributed by atoms with E-state index in [4.69, 9.17) is 0 Å². The van der Waals surface area contributed by atoms with Crippen molar-refractivity contribution >= 4 is 30.8 Å². The molecule has 3 aromatic carbocycles. The Morgan fingerprint density at radius 2 is 1.56 bits per heavy atom. The molecule has 0 aliphatic carbocycles. The van der Waals surface area contributed by atoms with Crippen molar-refractivity contribution in [1.29, 1.82) is 0 Å². The second kappa shape index (κ2) is 4.71. The van der Waals surface area contributed by atoms with Gasteiger partial charge in [0.2, 0.25) is 0 Å². The number of hydrogen-bond donors (Lipinski definition) is 0. The average molecular weight is 252 g/mol. The first-order valence-corrected chi connectivity index (χ1v) is 7.13. The minimum atomic E-state index is 0.537. The Labute approximate surface area is 110 Å². The van der Waals surface area contributed by atoms with Gasteiger partial charge in [-0.05, 0) is 51.3 Å². The van der Waals surface area contributed by atoms with Gasteiger partial charge in [-0.25, -0.2) is 0 Å². The monoisotopic (exact) mass is 252 g/mol. The van der Waals surface area contributed by atoms with Crippen molar-refractivity contribution in [3.05, 3.63) is 60.2 Å². The first kappa shape index (κ1) is 11.7.